The summed E-state index contributed by atoms with van der Waals surface area (Å²) < 4.78 is 0. The molecule has 0 aromatic carbocycles. The van der Waals surface area contributed by atoms with Gasteiger partial charge in [-0.25, -0.2) is 0 Å². The van der Waals surface area contributed by atoms with Crippen LogP contribution in [0.15, 0.2) is 0 Å². The molecular formula is C10H17N3O. The first-order valence-corrected chi connectivity index (χ1v) is 5.13. The van der Waals surface area contributed by atoms with Gasteiger partial charge in [-0.05, 0) is 26.2 Å². The minimum Gasteiger partial charge on any atom is -0.352 e. The molecule has 1 amide bonds. The molecule has 14 heavy (non-hydrogen) atoms. The third kappa shape index (κ3) is 3.35. The third-order valence-corrected chi connectivity index (χ3v) is 2.33. The van der Waals surface area contributed by atoms with E-state index >= 15 is 0 Å². The Morgan fingerprint density at radius 1 is 1.64 bits per heavy atom. The van der Waals surface area contributed by atoms with E-state index in [1.165, 1.54) is 0 Å². The molecule has 4 nitrogen and oxygen atoms in total. The fourth-order valence-electron chi connectivity index (χ4n) is 1.18. The Bertz CT molecular complexity index is 242. The van der Waals surface area contributed by atoms with E-state index in [1.807, 2.05) is 6.92 Å². The lowest BCUT2D eigenvalue weighted by Crippen LogP contribution is -2.46. The highest BCUT2D eigenvalue weighted by atomic mass is 16.2. The highest BCUT2D eigenvalue weighted by molar-refractivity contribution is 5.81. The normalized spacial score (nSPS) is 19.5. The first kappa shape index (κ1) is 11.0. The van der Waals surface area contributed by atoms with Crippen LogP contribution in [0.1, 0.15) is 33.1 Å². The Kier molecular flexibility index (Phi) is 3.90. The third-order valence-electron chi connectivity index (χ3n) is 2.33. The quantitative estimate of drug-likeness (QED) is 0.673. The second kappa shape index (κ2) is 4.97. The molecule has 78 valence electrons. The highest BCUT2D eigenvalue weighted by Gasteiger charge is 2.26. The van der Waals surface area contributed by atoms with Crippen molar-refractivity contribution in [2.45, 2.75) is 51.2 Å². The van der Waals surface area contributed by atoms with E-state index < -0.39 is 0 Å². The molecule has 0 bridgehead atoms. The first-order chi connectivity index (χ1) is 6.67. The van der Waals surface area contributed by atoms with Crippen molar-refractivity contribution in [2.24, 2.45) is 0 Å². The maximum atomic E-state index is 11.5. The Morgan fingerprint density at radius 3 is 2.71 bits per heavy atom. The van der Waals surface area contributed by atoms with Gasteiger partial charge in [0.25, 0.3) is 0 Å². The molecular weight excluding hydrogens is 178 g/mol. The summed E-state index contributed by atoms with van der Waals surface area (Å²) in [6.45, 7) is 3.71. The number of rotatable bonds is 5. The summed E-state index contributed by atoms with van der Waals surface area (Å²) in [5.41, 5.74) is 0. The second-order valence-electron chi connectivity index (χ2n) is 3.76. The summed E-state index contributed by atoms with van der Waals surface area (Å²) in [6, 6.07) is 1.99. The predicted molar refractivity (Wildman–Crippen MR) is 53.5 cm³/mol. The van der Waals surface area contributed by atoms with Gasteiger partial charge in [-0.3, -0.25) is 10.1 Å². The van der Waals surface area contributed by atoms with E-state index in [1.54, 1.807) is 6.92 Å². The van der Waals surface area contributed by atoms with Gasteiger partial charge in [0, 0.05) is 6.04 Å². The summed E-state index contributed by atoms with van der Waals surface area (Å²) in [5.74, 6) is 0.00111. The molecule has 0 heterocycles. The van der Waals surface area contributed by atoms with Gasteiger partial charge in [0.1, 0.15) is 0 Å². The first-order valence-electron chi connectivity index (χ1n) is 5.13. The molecule has 1 rings (SSSR count). The van der Waals surface area contributed by atoms with Crippen molar-refractivity contribution < 1.29 is 4.79 Å². The van der Waals surface area contributed by atoms with Crippen molar-refractivity contribution in [3.63, 3.8) is 0 Å². The number of carbonyl (C=O) groups is 1. The van der Waals surface area contributed by atoms with E-state index in [9.17, 15) is 4.79 Å². The molecule has 1 saturated carbocycles. The lowest BCUT2D eigenvalue weighted by atomic mass is 10.2. The van der Waals surface area contributed by atoms with Crippen LogP contribution in [0.5, 0.6) is 0 Å². The van der Waals surface area contributed by atoms with Crippen LogP contribution in [0, 0.1) is 11.3 Å². The van der Waals surface area contributed by atoms with Gasteiger partial charge in [-0.2, -0.15) is 5.26 Å². The number of hydrogen-bond acceptors (Lipinski definition) is 3. The monoisotopic (exact) mass is 195 g/mol. The molecule has 4 heteroatoms. The highest BCUT2D eigenvalue weighted by Crippen LogP contribution is 2.18. The molecule has 2 unspecified atom stereocenters. The number of nitrogens with one attached hydrogen (secondary N) is 2. The predicted octanol–water partition coefficient (Wildman–Crippen LogP) is 0.545. The minimum atomic E-state index is -0.278. The summed E-state index contributed by atoms with van der Waals surface area (Å²) in [5, 5.41) is 14.6. The van der Waals surface area contributed by atoms with Gasteiger partial charge in [0.05, 0.1) is 18.2 Å². The maximum absolute atomic E-state index is 11.5. The van der Waals surface area contributed by atoms with Crippen LogP contribution in [0.2, 0.25) is 0 Å². The molecule has 1 aliphatic carbocycles. The van der Waals surface area contributed by atoms with E-state index in [0.29, 0.717) is 6.04 Å². The SMILES string of the molecule is CCC(C#N)NC(C)C(=O)NC1CC1. The molecule has 0 saturated heterocycles. The van der Waals surface area contributed by atoms with Crippen LogP contribution in [0.4, 0.5) is 0 Å². The zero-order valence-electron chi connectivity index (χ0n) is 8.71. The fourth-order valence-corrected chi connectivity index (χ4v) is 1.18. The fraction of sp³-hybridized carbons (Fsp3) is 0.800. The summed E-state index contributed by atoms with van der Waals surface area (Å²) in [7, 11) is 0. The summed E-state index contributed by atoms with van der Waals surface area (Å²) >= 11 is 0. The number of amides is 1. The van der Waals surface area contributed by atoms with Gasteiger partial charge < -0.3 is 5.32 Å². The van der Waals surface area contributed by atoms with Crippen molar-refractivity contribution in [1.82, 2.24) is 10.6 Å². The summed E-state index contributed by atoms with van der Waals surface area (Å²) in [4.78, 5) is 11.5. The van der Waals surface area contributed by atoms with Crippen LogP contribution < -0.4 is 10.6 Å². The molecule has 2 N–H and O–H groups in total. The van der Waals surface area contributed by atoms with E-state index in [2.05, 4.69) is 16.7 Å². The molecule has 1 aliphatic rings. The van der Waals surface area contributed by atoms with Crippen LogP contribution in [0.3, 0.4) is 0 Å². The maximum Gasteiger partial charge on any atom is 0.237 e. The minimum absolute atomic E-state index is 0.00111. The van der Waals surface area contributed by atoms with Crippen LogP contribution in [0.25, 0.3) is 0 Å². The van der Waals surface area contributed by atoms with Crippen molar-refractivity contribution in [2.75, 3.05) is 0 Å². The molecule has 0 aromatic rings. The van der Waals surface area contributed by atoms with E-state index in [0.717, 1.165) is 19.3 Å². The van der Waals surface area contributed by atoms with Gasteiger partial charge in [0.15, 0.2) is 0 Å². The Labute approximate surface area is 84.7 Å². The molecule has 0 aliphatic heterocycles. The Morgan fingerprint density at radius 2 is 2.29 bits per heavy atom. The lowest BCUT2D eigenvalue weighted by Gasteiger charge is -2.16. The van der Waals surface area contributed by atoms with Crippen LogP contribution in [-0.4, -0.2) is 24.0 Å². The standard InChI is InChI=1S/C10H17N3O/c1-3-8(6-11)12-7(2)10(14)13-9-4-5-9/h7-9,12H,3-5H2,1-2H3,(H,13,14). The molecule has 2 atom stereocenters. The number of nitrogens with zero attached hydrogens (tertiary/aromatic N) is 1. The number of carbonyl (C=O) groups excluding carboxylic acids is 1. The second-order valence-corrected chi connectivity index (χ2v) is 3.76. The lowest BCUT2D eigenvalue weighted by molar-refractivity contribution is -0.123. The van der Waals surface area contributed by atoms with Gasteiger partial charge >= 0.3 is 0 Å². The number of nitriles is 1. The smallest absolute Gasteiger partial charge is 0.237 e. The molecule has 0 aromatic heterocycles. The van der Waals surface area contributed by atoms with E-state index in [4.69, 9.17) is 5.26 Å². The van der Waals surface area contributed by atoms with Crippen LogP contribution >= 0.6 is 0 Å². The zero-order valence-corrected chi connectivity index (χ0v) is 8.71. The van der Waals surface area contributed by atoms with Gasteiger partial charge in [-0.1, -0.05) is 6.92 Å². The average Bonchev–Trinajstić information content (AvgIpc) is 2.97. The topological polar surface area (TPSA) is 64.9 Å². The zero-order chi connectivity index (χ0) is 10.6. The van der Waals surface area contributed by atoms with Crippen molar-refractivity contribution in [3.8, 4) is 6.07 Å². The molecule has 1 fully saturated rings. The van der Waals surface area contributed by atoms with Crippen molar-refractivity contribution in [3.05, 3.63) is 0 Å². The Balaban J connectivity index is 2.28. The average molecular weight is 195 g/mol. The van der Waals surface area contributed by atoms with Gasteiger partial charge in [-0.15, -0.1) is 0 Å². The Hall–Kier alpha value is -1.08. The largest absolute Gasteiger partial charge is 0.352 e. The molecule has 0 spiro atoms. The number of hydrogen-bond donors (Lipinski definition) is 2. The van der Waals surface area contributed by atoms with Crippen molar-refractivity contribution >= 4 is 5.91 Å². The summed E-state index contributed by atoms with van der Waals surface area (Å²) in [6.07, 6.45) is 2.90. The van der Waals surface area contributed by atoms with Crippen molar-refractivity contribution in [1.29, 1.82) is 5.26 Å². The van der Waals surface area contributed by atoms with Crippen LogP contribution in [-0.2, 0) is 4.79 Å². The molecule has 0 radical (unpaired) electrons. The van der Waals surface area contributed by atoms with E-state index in [-0.39, 0.29) is 18.0 Å². The van der Waals surface area contributed by atoms with Gasteiger partial charge in [0.2, 0.25) is 5.91 Å².